The van der Waals surface area contributed by atoms with Crippen molar-refractivity contribution in [3.63, 3.8) is 0 Å². The van der Waals surface area contributed by atoms with Crippen molar-refractivity contribution >= 4 is 23.2 Å². The number of hydrogen-bond donors (Lipinski definition) is 2. The second-order valence-corrected chi connectivity index (χ2v) is 6.88. The molecule has 30 heavy (non-hydrogen) atoms. The van der Waals surface area contributed by atoms with Gasteiger partial charge in [0.05, 0.1) is 5.71 Å². The Kier molecular flexibility index (Phi) is 6.98. The van der Waals surface area contributed by atoms with Crippen molar-refractivity contribution in [2.75, 3.05) is 25.2 Å². The van der Waals surface area contributed by atoms with Gasteiger partial charge >= 0.3 is 0 Å². The number of aliphatic imine (C=N–C) groups is 1. The van der Waals surface area contributed by atoms with Crippen molar-refractivity contribution in [1.82, 2.24) is 10.6 Å². The minimum atomic E-state index is -0.731. The third kappa shape index (κ3) is 5.12. The molecule has 2 amide bonds. The van der Waals surface area contributed by atoms with Gasteiger partial charge in [0.1, 0.15) is 18.5 Å². The van der Waals surface area contributed by atoms with Crippen LogP contribution in [0.15, 0.2) is 71.6 Å². The molecule has 0 radical (unpaired) electrons. The predicted octanol–water partition coefficient (Wildman–Crippen LogP) is 2.43. The molecule has 0 aromatic heterocycles. The van der Waals surface area contributed by atoms with Gasteiger partial charge in [0.25, 0.3) is 0 Å². The van der Waals surface area contributed by atoms with Crippen LogP contribution in [0.2, 0.25) is 0 Å². The lowest BCUT2D eigenvalue weighted by Gasteiger charge is -2.17. The predicted molar refractivity (Wildman–Crippen MR) is 117 cm³/mol. The summed E-state index contributed by atoms with van der Waals surface area (Å²) in [6, 6.07) is 17.0. The number of nitrogens with zero attached hydrogens (tertiary/aromatic N) is 2. The van der Waals surface area contributed by atoms with Crippen molar-refractivity contribution in [2.24, 2.45) is 4.99 Å². The number of anilines is 1. The summed E-state index contributed by atoms with van der Waals surface area (Å²) in [5, 5.41) is 5.45. The lowest BCUT2D eigenvalue weighted by atomic mass is 10.0. The van der Waals surface area contributed by atoms with Gasteiger partial charge in [0.15, 0.2) is 0 Å². The zero-order valence-electron chi connectivity index (χ0n) is 17.4. The van der Waals surface area contributed by atoms with Gasteiger partial charge in [-0.15, -0.1) is 0 Å². The Morgan fingerprint density at radius 3 is 2.53 bits per heavy atom. The molecule has 0 spiro atoms. The Balaban J connectivity index is 1.85. The highest BCUT2D eigenvalue weighted by molar-refractivity contribution is 6.17. The molecule has 0 unspecified atom stereocenters. The van der Waals surface area contributed by atoms with E-state index in [4.69, 9.17) is 9.73 Å². The van der Waals surface area contributed by atoms with E-state index in [1.807, 2.05) is 66.5 Å². The number of hydrogen-bond acceptors (Lipinski definition) is 5. The van der Waals surface area contributed by atoms with Crippen LogP contribution >= 0.6 is 0 Å². The SMILES string of the molecule is CCOCC(=O)N[C@@H](C)C(=O)NC1=CN(C)c2ccccc2C(c2ccccc2)=N1. The van der Waals surface area contributed by atoms with Crippen LogP contribution in [-0.4, -0.2) is 43.8 Å². The average Bonchev–Trinajstić information content (AvgIpc) is 2.89. The van der Waals surface area contributed by atoms with Crippen molar-refractivity contribution in [3.8, 4) is 0 Å². The molecule has 0 saturated heterocycles. The van der Waals surface area contributed by atoms with Crippen LogP contribution in [0, 0.1) is 0 Å². The molecule has 1 aliphatic rings. The average molecular weight is 406 g/mol. The first-order chi connectivity index (χ1) is 14.5. The summed E-state index contributed by atoms with van der Waals surface area (Å²) in [6.45, 7) is 3.78. The highest BCUT2D eigenvalue weighted by atomic mass is 16.5. The maximum atomic E-state index is 12.7. The quantitative estimate of drug-likeness (QED) is 0.740. The Hall–Kier alpha value is -3.45. The molecule has 2 aromatic carbocycles. The highest BCUT2D eigenvalue weighted by Gasteiger charge is 2.21. The normalized spacial score (nSPS) is 14.0. The first-order valence-electron chi connectivity index (χ1n) is 9.85. The zero-order valence-corrected chi connectivity index (χ0v) is 17.4. The summed E-state index contributed by atoms with van der Waals surface area (Å²) < 4.78 is 5.07. The number of benzene rings is 2. The van der Waals surface area contributed by atoms with Gasteiger partial charge in [0.2, 0.25) is 11.8 Å². The zero-order chi connectivity index (χ0) is 21.5. The summed E-state index contributed by atoms with van der Waals surface area (Å²) >= 11 is 0. The van der Waals surface area contributed by atoms with Gasteiger partial charge in [-0.2, -0.15) is 0 Å². The number of amides is 2. The van der Waals surface area contributed by atoms with Gasteiger partial charge < -0.3 is 20.3 Å². The Morgan fingerprint density at radius 2 is 1.80 bits per heavy atom. The van der Waals surface area contributed by atoms with Crippen LogP contribution in [0.25, 0.3) is 0 Å². The second kappa shape index (κ2) is 9.84. The Bertz CT molecular complexity index is 969. The minimum absolute atomic E-state index is 0.0782. The summed E-state index contributed by atoms with van der Waals surface area (Å²) in [5.41, 5.74) is 3.64. The second-order valence-electron chi connectivity index (χ2n) is 6.88. The van der Waals surface area contributed by atoms with Gasteiger partial charge in [-0.1, -0.05) is 48.5 Å². The standard InChI is InChI=1S/C23H26N4O3/c1-4-30-15-21(28)24-16(2)23(29)26-20-14-27(3)19-13-9-8-12-18(19)22(25-20)17-10-6-5-7-11-17/h5-14,16H,4,15H2,1-3H3,(H,24,28)(H,26,29)/t16-/m0/s1. The molecule has 0 bridgehead atoms. The van der Waals surface area contributed by atoms with E-state index in [0.29, 0.717) is 12.4 Å². The van der Waals surface area contributed by atoms with Crippen molar-refractivity contribution in [2.45, 2.75) is 19.9 Å². The topological polar surface area (TPSA) is 83.0 Å². The number of fused-ring (bicyclic) bond motifs is 1. The molecule has 156 valence electrons. The van der Waals surface area contributed by atoms with E-state index in [9.17, 15) is 9.59 Å². The molecule has 7 nitrogen and oxygen atoms in total. The van der Waals surface area contributed by atoms with Gasteiger partial charge in [-0.05, 0) is 19.9 Å². The van der Waals surface area contributed by atoms with E-state index in [-0.39, 0.29) is 18.4 Å². The lowest BCUT2D eigenvalue weighted by Crippen LogP contribution is -2.45. The number of nitrogens with one attached hydrogen (secondary N) is 2. The van der Waals surface area contributed by atoms with Crippen molar-refractivity contribution in [1.29, 1.82) is 0 Å². The minimum Gasteiger partial charge on any atom is -0.372 e. The smallest absolute Gasteiger partial charge is 0.247 e. The van der Waals surface area contributed by atoms with Gasteiger partial charge in [-0.3, -0.25) is 9.59 Å². The molecule has 1 atom stereocenters. The van der Waals surface area contributed by atoms with Crippen LogP contribution in [0.1, 0.15) is 25.0 Å². The molecular formula is C23H26N4O3. The molecule has 3 rings (SSSR count). The van der Waals surface area contributed by atoms with E-state index in [1.165, 1.54) is 0 Å². The van der Waals surface area contributed by atoms with E-state index < -0.39 is 6.04 Å². The maximum absolute atomic E-state index is 12.7. The fraction of sp³-hybridized carbons (Fsp3) is 0.261. The molecule has 1 heterocycles. The first kappa shape index (κ1) is 21.3. The molecule has 7 heteroatoms. The molecule has 0 saturated carbocycles. The monoisotopic (exact) mass is 406 g/mol. The summed E-state index contributed by atoms with van der Waals surface area (Å²) in [5.74, 6) is -0.308. The van der Waals surface area contributed by atoms with Crippen LogP contribution < -0.4 is 15.5 Å². The van der Waals surface area contributed by atoms with Crippen molar-refractivity contribution < 1.29 is 14.3 Å². The lowest BCUT2D eigenvalue weighted by molar-refractivity contribution is -0.130. The van der Waals surface area contributed by atoms with E-state index in [0.717, 1.165) is 22.5 Å². The summed E-state index contributed by atoms with van der Waals surface area (Å²) in [4.78, 5) is 31.2. The van der Waals surface area contributed by atoms with Crippen LogP contribution in [-0.2, 0) is 14.3 Å². The highest BCUT2D eigenvalue weighted by Crippen LogP contribution is 2.27. The number of carbonyl (C=O) groups is 2. The number of ether oxygens (including phenoxy) is 1. The van der Waals surface area contributed by atoms with Crippen LogP contribution in [0.5, 0.6) is 0 Å². The number of para-hydroxylation sites is 1. The van der Waals surface area contributed by atoms with E-state index >= 15 is 0 Å². The van der Waals surface area contributed by atoms with E-state index in [2.05, 4.69) is 10.6 Å². The maximum Gasteiger partial charge on any atom is 0.247 e. The Morgan fingerprint density at radius 1 is 1.10 bits per heavy atom. The molecule has 0 aliphatic carbocycles. The third-order valence-corrected chi connectivity index (χ3v) is 4.59. The fourth-order valence-electron chi connectivity index (χ4n) is 3.10. The molecule has 2 aromatic rings. The molecule has 1 aliphatic heterocycles. The summed E-state index contributed by atoms with van der Waals surface area (Å²) in [6.07, 6.45) is 1.77. The molecule has 2 N–H and O–H groups in total. The van der Waals surface area contributed by atoms with Gasteiger partial charge in [-0.25, -0.2) is 4.99 Å². The van der Waals surface area contributed by atoms with Crippen LogP contribution in [0.3, 0.4) is 0 Å². The molecular weight excluding hydrogens is 380 g/mol. The largest absolute Gasteiger partial charge is 0.372 e. The van der Waals surface area contributed by atoms with Crippen LogP contribution in [0.4, 0.5) is 5.69 Å². The van der Waals surface area contributed by atoms with Crippen molar-refractivity contribution in [3.05, 3.63) is 77.7 Å². The first-order valence-corrected chi connectivity index (χ1v) is 9.85. The fourth-order valence-corrected chi connectivity index (χ4v) is 3.10. The number of rotatable bonds is 7. The third-order valence-electron chi connectivity index (χ3n) is 4.59. The van der Waals surface area contributed by atoms with E-state index in [1.54, 1.807) is 20.0 Å². The summed E-state index contributed by atoms with van der Waals surface area (Å²) in [7, 11) is 1.90. The molecule has 0 fully saturated rings. The number of carbonyl (C=O) groups excluding carboxylic acids is 2. The van der Waals surface area contributed by atoms with Gasteiger partial charge in [0, 0.05) is 36.7 Å². The Labute approximate surface area is 176 Å².